The Kier molecular flexibility index (Phi) is 1.74. The summed E-state index contributed by atoms with van der Waals surface area (Å²) in [7, 11) is 0. The van der Waals surface area contributed by atoms with Crippen LogP contribution in [-0.4, -0.2) is 35.6 Å². The molecule has 0 aromatic heterocycles. The van der Waals surface area contributed by atoms with Crippen LogP contribution >= 0.6 is 0 Å². The van der Waals surface area contributed by atoms with Crippen LogP contribution in [0.1, 0.15) is 33.6 Å². The lowest BCUT2D eigenvalue weighted by Crippen LogP contribution is -2.40. The highest BCUT2D eigenvalue weighted by atomic mass is 15.4. The molecule has 1 spiro atoms. The summed E-state index contributed by atoms with van der Waals surface area (Å²) in [6.45, 7) is 10.7. The Bertz CT molecular complexity index is 175. The number of rotatable bonds is 0. The van der Waals surface area contributed by atoms with Gasteiger partial charge in [-0.25, -0.2) is 0 Å². The SMILES string of the molecule is CC(C)(C)N1CC12CCNCC2. The van der Waals surface area contributed by atoms with Crippen LogP contribution in [0.4, 0.5) is 0 Å². The zero-order chi connectivity index (χ0) is 8.82. The monoisotopic (exact) mass is 168 g/mol. The summed E-state index contributed by atoms with van der Waals surface area (Å²) in [6.07, 6.45) is 2.70. The average molecular weight is 168 g/mol. The summed E-state index contributed by atoms with van der Waals surface area (Å²) >= 11 is 0. The van der Waals surface area contributed by atoms with Gasteiger partial charge in [-0.15, -0.1) is 0 Å². The normalized spacial score (nSPS) is 33.8. The Labute approximate surface area is 75.3 Å². The van der Waals surface area contributed by atoms with Crippen LogP contribution in [0.2, 0.25) is 0 Å². The van der Waals surface area contributed by atoms with E-state index in [1.807, 2.05) is 0 Å². The van der Waals surface area contributed by atoms with Crippen molar-refractivity contribution in [1.82, 2.24) is 10.2 Å². The second-order valence-corrected chi connectivity index (χ2v) is 5.23. The van der Waals surface area contributed by atoms with E-state index in [4.69, 9.17) is 0 Å². The fourth-order valence-corrected chi connectivity index (χ4v) is 2.53. The molecule has 2 heteroatoms. The van der Waals surface area contributed by atoms with Gasteiger partial charge in [-0.1, -0.05) is 0 Å². The molecule has 2 aliphatic heterocycles. The molecule has 2 aliphatic rings. The fourth-order valence-electron chi connectivity index (χ4n) is 2.53. The molecule has 12 heavy (non-hydrogen) atoms. The first-order valence-electron chi connectivity index (χ1n) is 5.03. The second-order valence-electron chi connectivity index (χ2n) is 5.23. The van der Waals surface area contributed by atoms with Crippen molar-refractivity contribution in [3.8, 4) is 0 Å². The zero-order valence-electron chi connectivity index (χ0n) is 8.48. The Morgan fingerprint density at radius 3 is 2.17 bits per heavy atom. The maximum atomic E-state index is 3.43. The molecule has 2 heterocycles. The quantitative estimate of drug-likeness (QED) is 0.547. The molecule has 0 saturated carbocycles. The standard InChI is InChI=1S/C10H20N2/c1-9(2,3)12-8-10(12)4-6-11-7-5-10/h11H,4-8H2,1-3H3. The molecule has 70 valence electrons. The molecule has 2 nitrogen and oxygen atoms in total. The van der Waals surface area contributed by atoms with Crippen molar-refractivity contribution in [3.63, 3.8) is 0 Å². The smallest absolute Gasteiger partial charge is 0.0366 e. The molecule has 1 N–H and O–H groups in total. The van der Waals surface area contributed by atoms with Crippen molar-refractivity contribution in [2.24, 2.45) is 0 Å². The molecule has 0 radical (unpaired) electrons. The molecule has 0 aromatic carbocycles. The van der Waals surface area contributed by atoms with Gasteiger partial charge in [0.1, 0.15) is 0 Å². The van der Waals surface area contributed by atoms with Crippen LogP contribution in [0.5, 0.6) is 0 Å². The average Bonchev–Trinajstić information content (AvgIpc) is 2.65. The van der Waals surface area contributed by atoms with E-state index in [0.29, 0.717) is 11.1 Å². The minimum atomic E-state index is 0.386. The zero-order valence-corrected chi connectivity index (χ0v) is 8.48. The highest BCUT2D eigenvalue weighted by Crippen LogP contribution is 2.45. The van der Waals surface area contributed by atoms with E-state index < -0.39 is 0 Å². The van der Waals surface area contributed by atoms with Gasteiger partial charge in [-0.05, 0) is 46.7 Å². The minimum Gasteiger partial charge on any atom is -0.317 e. The molecule has 2 fully saturated rings. The van der Waals surface area contributed by atoms with Crippen LogP contribution in [0.3, 0.4) is 0 Å². The maximum absolute atomic E-state index is 3.43. The fraction of sp³-hybridized carbons (Fsp3) is 1.00. The molecular weight excluding hydrogens is 148 g/mol. The molecule has 1 unspecified atom stereocenters. The van der Waals surface area contributed by atoms with Crippen LogP contribution in [0.25, 0.3) is 0 Å². The van der Waals surface area contributed by atoms with E-state index in [2.05, 4.69) is 31.0 Å². The molecular formula is C10H20N2. The van der Waals surface area contributed by atoms with Crippen LogP contribution in [0.15, 0.2) is 0 Å². The number of piperidine rings is 1. The number of nitrogens with one attached hydrogen (secondary N) is 1. The van der Waals surface area contributed by atoms with Gasteiger partial charge < -0.3 is 5.32 Å². The van der Waals surface area contributed by atoms with Gasteiger partial charge in [-0.2, -0.15) is 0 Å². The predicted molar refractivity (Wildman–Crippen MR) is 51.3 cm³/mol. The molecule has 1 atom stereocenters. The Morgan fingerprint density at radius 1 is 1.17 bits per heavy atom. The second kappa shape index (κ2) is 2.46. The summed E-state index contributed by atoms with van der Waals surface area (Å²) < 4.78 is 0. The van der Waals surface area contributed by atoms with E-state index in [1.165, 1.54) is 32.5 Å². The van der Waals surface area contributed by atoms with Crippen LogP contribution in [-0.2, 0) is 0 Å². The number of hydrogen-bond acceptors (Lipinski definition) is 2. The van der Waals surface area contributed by atoms with Gasteiger partial charge in [0.05, 0.1) is 0 Å². The van der Waals surface area contributed by atoms with Crippen molar-refractivity contribution in [2.45, 2.75) is 44.7 Å². The van der Waals surface area contributed by atoms with Gasteiger partial charge in [0.25, 0.3) is 0 Å². The van der Waals surface area contributed by atoms with E-state index in [-0.39, 0.29) is 0 Å². The van der Waals surface area contributed by atoms with Crippen LogP contribution < -0.4 is 5.32 Å². The predicted octanol–water partition coefficient (Wildman–Crippen LogP) is 1.22. The van der Waals surface area contributed by atoms with E-state index in [0.717, 1.165) is 0 Å². The first-order valence-corrected chi connectivity index (χ1v) is 5.03. The third kappa shape index (κ3) is 1.27. The lowest BCUT2D eigenvalue weighted by atomic mass is 9.96. The van der Waals surface area contributed by atoms with Crippen molar-refractivity contribution in [3.05, 3.63) is 0 Å². The molecule has 0 aromatic rings. The van der Waals surface area contributed by atoms with Gasteiger partial charge in [0.15, 0.2) is 0 Å². The largest absolute Gasteiger partial charge is 0.317 e. The molecule has 0 aliphatic carbocycles. The number of nitrogens with zero attached hydrogens (tertiary/aromatic N) is 1. The first kappa shape index (κ1) is 8.52. The van der Waals surface area contributed by atoms with Crippen LogP contribution in [0, 0.1) is 0 Å². The van der Waals surface area contributed by atoms with E-state index in [1.54, 1.807) is 0 Å². The van der Waals surface area contributed by atoms with Crippen molar-refractivity contribution >= 4 is 0 Å². The summed E-state index contributed by atoms with van der Waals surface area (Å²) in [6, 6.07) is 0. The number of hydrogen-bond donors (Lipinski definition) is 1. The minimum absolute atomic E-state index is 0.386. The summed E-state index contributed by atoms with van der Waals surface area (Å²) in [5.74, 6) is 0. The third-order valence-corrected chi connectivity index (χ3v) is 3.27. The van der Waals surface area contributed by atoms with E-state index >= 15 is 0 Å². The third-order valence-electron chi connectivity index (χ3n) is 3.27. The molecule has 0 bridgehead atoms. The summed E-state index contributed by atoms with van der Waals surface area (Å²) in [5, 5.41) is 3.43. The topological polar surface area (TPSA) is 15.0 Å². The first-order chi connectivity index (χ1) is 5.55. The summed E-state index contributed by atoms with van der Waals surface area (Å²) in [5.41, 5.74) is 0.987. The lowest BCUT2D eigenvalue weighted by molar-refractivity contribution is 0.213. The van der Waals surface area contributed by atoms with Gasteiger partial charge in [0.2, 0.25) is 0 Å². The molecule has 2 rings (SSSR count). The molecule has 2 saturated heterocycles. The van der Waals surface area contributed by atoms with Crippen molar-refractivity contribution in [1.29, 1.82) is 0 Å². The summed E-state index contributed by atoms with van der Waals surface area (Å²) in [4.78, 5) is 2.65. The Balaban J connectivity index is 1.99. The Hall–Kier alpha value is -0.0800. The van der Waals surface area contributed by atoms with E-state index in [9.17, 15) is 0 Å². The lowest BCUT2D eigenvalue weighted by Gasteiger charge is -2.30. The maximum Gasteiger partial charge on any atom is 0.0366 e. The van der Waals surface area contributed by atoms with Gasteiger partial charge >= 0.3 is 0 Å². The highest BCUT2D eigenvalue weighted by molar-refractivity contribution is 5.13. The van der Waals surface area contributed by atoms with Gasteiger partial charge in [-0.3, -0.25) is 4.90 Å². The molecule has 0 amide bonds. The highest BCUT2D eigenvalue weighted by Gasteiger charge is 2.55. The van der Waals surface area contributed by atoms with Gasteiger partial charge in [0, 0.05) is 17.6 Å². The Morgan fingerprint density at radius 2 is 1.75 bits per heavy atom. The van der Waals surface area contributed by atoms with Crippen molar-refractivity contribution < 1.29 is 0 Å². The van der Waals surface area contributed by atoms with Crippen molar-refractivity contribution in [2.75, 3.05) is 19.6 Å².